The third-order valence-electron chi connectivity index (χ3n) is 4.19. The second kappa shape index (κ2) is 5.61. The molecule has 0 saturated carbocycles. The van der Waals surface area contributed by atoms with E-state index in [0.29, 0.717) is 0 Å². The van der Waals surface area contributed by atoms with Crippen molar-refractivity contribution in [3.63, 3.8) is 0 Å². The highest BCUT2D eigenvalue weighted by Gasteiger charge is 2.15. The fourth-order valence-electron chi connectivity index (χ4n) is 3.01. The van der Waals surface area contributed by atoms with Crippen LogP contribution in [0, 0.1) is 12.3 Å². The van der Waals surface area contributed by atoms with E-state index in [-0.39, 0.29) is 0 Å². The third kappa shape index (κ3) is 2.62. The van der Waals surface area contributed by atoms with Gasteiger partial charge in [0.1, 0.15) is 0 Å². The average molecular weight is 332 g/mol. The maximum Gasteiger partial charge on any atom is 0.0815 e. The molecule has 5 rings (SSSR count). The summed E-state index contributed by atoms with van der Waals surface area (Å²) in [6, 6.07) is 0. The van der Waals surface area contributed by atoms with Crippen molar-refractivity contribution >= 4 is 22.8 Å². The Kier molecular flexibility index (Phi) is 3.13. The lowest BCUT2D eigenvalue weighted by Crippen LogP contribution is -1.89. The van der Waals surface area contributed by atoms with E-state index in [1.807, 2.05) is 66.8 Å². The van der Waals surface area contributed by atoms with Gasteiger partial charge >= 0.3 is 0 Å². The van der Waals surface area contributed by atoms with Crippen molar-refractivity contribution in [3.05, 3.63) is 95.2 Å². The fraction of sp³-hybridized carbons (Fsp3) is 0. The Morgan fingerprint density at radius 3 is 1.58 bits per heavy atom. The zero-order valence-electron chi connectivity index (χ0n) is 13.7. The van der Waals surface area contributed by atoms with Crippen molar-refractivity contribution in [2.45, 2.75) is 0 Å². The zero-order chi connectivity index (χ0) is 17.5. The van der Waals surface area contributed by atoms with Gasteiger partial charge < -0.3 is 0 Å². The smallest absolute Gasteiger partial charge is 0.0815 e. The summed E-state index contributed by atoms with van der Waals surface area (Å²) in [6.07, 6.45) is 27.0. The molecule has 0 aliphatic carbocycles. The predicted octanol–water partition coefficient (Wildman–Crippen LogP) is 3.58. The maximum atomic E-state index is 5.64. The first-order valence-electron chi connectivity index (χ1n) is 8.20. The van der Waals surface area contributed by atoms with Gasteiger partial charge in [-0.25, -0.2) is 20.0 Å². The molecule has 8 bridgehead atoms. The number of nitrogens with zero attached hydrogens (tertiary/aromatic N) is 4. The number of hydrogen-bond acceptors (Lipinski definition) is 4. The molecule has 4 nitrogen and oxygen atoms in total. The molecular formula is C22H12N4. The molecule has 5 heterocycles. The summed E-state index contributed by atoms with van der Waals surface area (Å²) in [6.45, 7) is 0. The quantitative estimate of drug-likeness (QED) is 0.609. The monoisotopic (exact) mass is 332 g/mol. The molecule has 0 unspecified atom stereocenters. The van der Waals surface area contributed by atoms with Crippen LogP contribution in [0.2, 0.25) is 0 Å². The van der Waals surface area contributed by atoms with Gasteiger partial charge in [-0.1, -0.05) is 5.92 Å². The van der Waals surface area contributed by atoms with Crippen LogP contribution in [-0.4, -0.2) is 22.8 Å². The molecule has 4 heteroatoms. The summed E-state index contributed by atoms with van der Waals surface area (Å²) in [5, 5.41) is 0. The van der Waals surface area contributed by atoms with Crippen LogP contribution in [0.5, 0.6) is 0 Å². The highest BCUT2D eigenvalue weighted by Crippen LogP contribution is 2.23. The van der Waals surface area contributed by atoms with Crippen LogP contribution < -0.4 is 0 Å². The highest BCUT2D eigenvalue weighted by atomic mass is 14.8. The molecule has 0 aromatic carbocycles. The van der Waals surface area contributed by atoms with E-state index in [4.69, 9.17) is 6.42 Å². The van der Waals surface area contributed by atoms with Crippen molar-refractivity contribution < 1.29 is 0 Å². The van der Waals surface area contributed by atoms with Crippen LogP contribution in [0.1, 0.15) is 0 Å². The molecule has 0 saturated heterocycles. The second-order valence-corrected chi connectivity index (χ2v) is 6.09. The summed E-state index contributed by atoms with van der Waals surface area (Å²) in [5.74, 6) is 2.69. The van der Waals surface area contributed by atoms with E-state index in [9.17, 15) is 0 Å². The number of allylic oxidation sites excluding steroid dienone is 12. The van der Waals surface area contributed by atoms with E-state index < -0.39 is 0 Å². The Balaban J connectivity index is 1.67. The fourth-order valence-corrected chi connectivity index (χ4v) is 3.01. The Labute approximate surface area is 150 Å². The van der Waals surface area contributed by atoms with Crippen LogP contribution in [0.4, 0.5) is 0 Å². The number of rotatable bonds is 0. The van der Waals surface area contributed by atoms with Crippen LogP contribution >= 0.6 is 0 Å². The van der Waals surface area contributed by atoms with E-state index in [1.165, 1.54) is 0 Å². The van der Waals surface area contributed by atoms with Crippen molar-refractivity contribution in [3.8, 4) is 12.3 Å². The van der Waals surface area contributed by atoms with Gasteiger partial charge in [0, 0.05) is 0 Å². The van der Waals surface area contributed by atoms with Gasteiger partial charge in [0.25, 0.3) is 0 Å². The molecule has 0 amide bonds. The first-order valence-corrected chi connectivity index (χ1v) is 8.20. The highest BCUT2D eigenvalue weighted by molar-refractivity contribution is 6.15. The van der Waals surface area contributed by atoms with Crippen LogP contribution in [0.15, 0.2) is 115 Å². The minimum absolute atomic E-state index is 0.738. The average Bonchev–Trinajstić information content (AvgIpc) is 3.39. The summed E-state index contributed by atoms with van der Waals surface area (Å²) >= 11 is 0. The largest absolute Gasteiger partial charge is 0.249 e. The van der Waals surface area contributed by atoms with E-state index in [0.717, 1.165) is 51.2 Å². The summed E-state index contributed by atoms with van der Waals surface area (Å²) in [5.41, 5.74) is 7.36. The van der Waals surface area contributed by atoms with E-state index in [1.54, 1.807) is 0 Å². The molecule has 0 aromatic rings. The minimum Gasteiger partial charge on any atom is -0.249 e. The number of hydrogen-bond donors (Lipinski definition) is 0. The van der Waals surface area contributed by atoms with E-state index in [2.05, 4.69) is 25.9 Å². The van der Waals surface area contributed by atoms with Gasteiger partial charge in [0.2, 0.25) is 0 Å². The molecule has 0 spiro atoms. The third-order valence-corrected chi connectivity index (χ3v) is 4.19. The van der Waals surface area contributed by atoms with Crippen molar-refractivity contribution in [1.29, 1.82) is 0 Å². The second-order valence-electron chi connectivity index (χ2n) is 6.09. The molecule has 0 aromatic heterocycles. The predicted molar refractivity (Wildman–Crippen MR) is 106 cm³/mol. The SMILES string of the molecule is C#CC1=CC2=NC1=CC1=NC(=CC3=NC(=CC4=NC(=C2)C=C4)C=C3)C=C1. The Hall–Kier alpha value is -3.84. The van der Waals surface area contributed by atoms with Crippen LogP contribution in [0.25, 0.3) is 0 Å². The molecule has 26 heavy (non-hydrogen) atoms. The van der Waals surface area contributed by atoms with Crippen LogP contribution in [-0.2, 0) is 0 Å². The Morgan fingerprint density at radius 2 is 1.04 bits per heavy atom. The molecule has 0 fully saturated rings. The standard InChI is InChI=1S/C22H12N4/c1-2-14-9-21-12-19-6-5-17(24-19)10-15-3-4-16(23-15)11-18-7-8-20(25-18)13-22(14)26-21/h1,3-13H. The lowest BCUT2D eigenvalue weighted by atomic mass is 10.1. The van der Waals surface area contributed by atoms with Crippen molar-refractivity contribution in [2.75, 3.05) is 0 Å². The topological polar surface area (TPSA) is 49.4 Å². The first kappa shape index (κ1) is 14.5. The molecule has 0 N–H and O–H groups in total. The summed E-state index contributed by atoms with van der Waals surface area (Å²) < 4.78 is 0. The number of fused-ring (bicyclic) bond motifs is 4. The van der Waals surface area contributed by atoms with Crippen LogP contribution in [0.3, 0.4) is 0 Å². The van der Waals surface area contributed by atoms with Gasteiger partial charge in [-0.05, 0) is 66.8 Å². The van der Waals surface area contributed by atoms with Gasteiger partial charge in [-0.3, -0.25) is 0 Å². The molecular weight excluding hydrogens is 320 g/mol. The molecule has 0 atom stereocenters. The van der Waals surface area contributed by atoms with Gasteiger partial charge in [0.15, 0.2) is 0 Å². The minimum atomic E-state index is 0.738. The Bertz CT molecular complexity index is 1160. The summed E-state index contributed by atoms with van der Waals surface area (Å²) in [4.78, 5) is 18.4. The lowest BCUT2D eigenvalue weighted by Gasteiger charge is -1.95. The lowest BCUT2D eigenvalue weighted by molar-refractivity contribution is 1.40. The first-order chi connectivity index (χ1) is 12.7. The van der Waals surface area contributed by atoms with Gasteiger partial charge in [-0.15, -0.1) is 6.42 Å². The maximum absolute atomic E-state index is 5.64. The van der Waals surface area contributed by atoms with Crippen molar-refractivity contribution in [1.82, 2.24) is 0 Å². The molecule has 0 radical (unpaired) electrons. The zero-order valence-corrected chi connectivity index (χ0v) is 13.7. The molecule has 5 aliphatic rings. The molecule has 120 valence electrons. The molecule has 5 aliphatic heterocycles. The number of terminal acetylenes is 1. The summed E-state index contributed by atoms with van der Waals surface area (Å²) in [7, 11) is 0. The Morgan fingerprint density at radius 1 is 0.538 bits per heavy atom. The normalized spacial score (nSPS) is 21.9. The van der Waals surface area contributed by atoms with Gasteiger partial charge in [-0.2, -0.15) is 0 Å². The number of aliphatic imine (C=N–C) groups is 4. The van der Waals surface area contributed by atoms with E-state index >= 15 is 0 Å². The van der Waals surface area contributed by atoms with Crippen molar-refractivity contribution in [2.24, 2.45) is 20.0 Å². The van der Waals surface area contributed by atoms with Gasteiger partial charge in [0.05, 0.1) is 51.2 Å².